The summed E-state index contributed by atoms with van der Waals surface area (Å²) in [5.74, 6) is 0. The predicted molar refractivity (Wildman–Crippen MR) is 82.3 cm³/mol. The normalized spacial score (nSPS) is 13.1. The summed E-state index contributed by atoms with van der Waals surface area (Å²) in [6, 6.07) is 0.0530. The number of thiazole rings is 1. The van der Waals surface area contributed by atoms with Crippen molar-refractivity contribution in [1.82, 2.24) is 15.6 Å². The summed E-state index contributed by atoms with van der Waals surface area (Å²) >= 11 is 7.27. The van der Waals surface area contributed by atoms with Crippen molar-refractivity contribution < 1.29 is 9.53 Å². The lowest BCUT2D eigenvalue weighted by Gasteiger charge is -2.22. The Bertz CT molecular complexity index is 431. The number of carbonyl (C=O) groups excluding carboxylic acids is 1. The molecule has 1 atom stereocenters. The number of hydrogen-bond acceptors (Lipinski definition) is 5. The van der Waals surface area contributed by atoms with E-state index >= 15 is 0 Å². The third kappa shape index (κ3) is 7.67. The predicted octanol–water partition coefficient (Wildman–Crippen LogP) is 3.19. The molecule has 1 unspecified atom stereocenters. The molecule has 0 bridgehead atoms. The monoisotopic (exact) mass is 319 g/mol. The number of hydrogen-bond donors (Lipinski definition) is 2. The van der Waals surface area contributed by atoms with Crippen LogP contribution in [0.1, 0.15) is 39.1 Å². The lowest BCUT2D eigenvalue weighted by Crippen LogP contribution is -2.38. The van der Waals surface area contributed by atoms with Gasteiger partial charge in [-0.05, 0) is 40.7 Å². The van der Waals surface area contributed by atoms with Crippen LogP contribution >= 0.6 is 22.9 Å². The highest BCUT2D eigenvalue weighted by molar-refractivity contribution is 7.15. The quantitative estimate of drug-likeness (QED) is 0.790. The lowest BCUT2D eigenvalue weighted by atomic mass is 10.2. The van der Waals surface area contributed by atoms with E-state index in [1.54, 1.807) is 6.20 Å². The van der Waals surface area contributed by atoms with Gasteiger partial charge in [-0.15, -0.1) is 11.3 Å². The van der Waals surface area contributed by atoms with E-state index in [-0.39, 0.29) is 12.1 Å². The Hall–Kier alpha value is -0.850. The molecule has 0 aliphatic carbocycles. The molecule has 0 saturated carbocycles. The van der Waals surface area contributed by atoms with Crippen LogP contribution in [0.4, 0.5) is 4.79 Å². The molecule has 1 aromatic rings. The van der Waals surface area contributed by atoms with Gasteiger partial charge in [0.2, 0.25) is 0 Å². The molecule has 0 saturated heterocycles. The summed E-state index contributed by atoms with van der Waals surface area (Å²) in [5, 5.41) is 7.03. The number of ether oxygens (including phenoxy) is 1. The number of alkyl carbamates (subject to hydrolysis) is 1. The summed E-state index contributed by atoms with van der Waals surface area (Å²) in [6.45, 7) is 8.96. The molecular weight excluding hydrogens is 298 g/mol. The Kier molecular flexibility index (Phi) is 6.71. The second-order valence-electron chi connectivity index (χ2n) is 5.57. The number of nitrogens with one attached hydrogen (secondary N) is 2. The van der Waals surface area contributed by atoms with Crippen LogP contribution in [0, 0.1) is 0 Å². The maximum absolute atomic E-state index is 11.5. The maximum atomic E-state index is 11.5. The summed E-state index contributed by atoms with van der Waals surface area (Å²) in [5.41, 5.74) is -0.466. The molecule has 0 aliphatic heterocycles. The maximum Gasteiger partial charge on any atom is 0.407 e. The van der Waals surface area contributed by atoms with Gasteiger partial charge in [-0.2, -0.15) is 0 Å². The molecule has 1 aromatic heterocycles. The van der Waals surface area contributed by atoms with E-state index in [1.165, 1.54) is 11.3 Å². The number of aromatic nitrogens is 1. The van der Waals surface area contributed by atoms with Crippen LogP contribution in [0.2, 0.25) is 4.34 Å². The Labute approximate surface area is 129 Å². The van der Waals surface area contributed by atoms with Crippen molar-refractivity contribution >= 4 is 29.0 Å². The first-order valence-corrected chi connectivity index (χ1v) is 7.76. The van der Waals surface area contributed by atoms with Gasteiger partial charge in [0.15, 0.2) is 0 Å². The van der Waals surface area contributed by atoms with Crippen LogP contribution in [0.25, 0.3) is 0 Å². The van der Waals surface area contributed by atoms with Crippen LogP contribution < -0.4 is 10.6 Å². The second-order valence-corrected chi connectivity index (χ2v) is 7.32. The standard InChI is InChI=1S/C13H22ClN3O2S/c1-9(17-12(18)19-13(2,3)4)5-6-15-8-11-16-7-10(14)20-11/h7,9,15H,5-6,8H2,1-4H3,(H,17,18). The zero-order chi connectivity index (χ0) is 15.2. The molecule has 7 heteroatoms. The van der Waals surface area contributed by atoms with Gasteiger partial charge in [-0.1, -0.05) is 11.6 Å². The topological polar surface area (TPSA) is 63.2 Å². The van der Waals surface area contributed by atoms with Crippen LogP contribution in [0.15, 0.2) is 6.20 Å². The highest BCUT2D eigenvalue weighted by Gasteiger charge is 2.17. The fourth-order valence-electron chi connectivity index (χ4n) is 1.46. The van der Waals surface area contributed by atoms with Gasteiger partial charge in [0.25, 0.3) is 0 Å². The van der Waals surface area contributed by atoms with Gasteiger partial charge in [0.1, 0.15) is 14.9 Å². The zero-order valence-electron chi connectivity index (χ0n) is 12.3. The largest absolute Gasteiger partial charge is 0.444 e. The van der Waals surface area contributed by atoms with E-state index in [1.807, 2.05) is 27.7 Å². The second kappa shape index (κ2) is 7.81. The molecule has 5 nitrogen and oxygen atoms in total. The number of nitrogens with zero attached hydrogens (tertiary/aromatic N) is 1. The first-order chi connectivity index (χ1) is 9.26. The molecular formula is C13H22ClN3O2S. The van der Waals surface area contributed by atoms with Gasteiger partial charge in [0.05, 0.1) is 6.20 Å². The fraction of sp³-hybridized carbons (Fsp3) is 0.692. The first kappa shape index (κ1) is 17.2. The molecule has 0 aliphatic rings. The van der Waals surface area contributed by atoms with Gasteiger partial charge in [0, 0.05) is 12.6 Å². The van der Waals surface area contributed by atoms with Crippen molar-refractivity contribution in [2.24, 2.45) is 0 Å². The summed E-state index contributed by atoms with van der Waals surface area (Å²) in [7, 11) is 0. The van der Waals surface area contributed by atoms with Gasteiger partial charge in [-0.25, -0.2) is 9.78 Å². The van der Waals surface area contributed by atoms with Crippen LogP contribution in [-0.4, -0.2) is 29.3 Å². The molecule has 0 radical (unpaired) electrons. The Morgan fingerprint density at radius 3 is 2.80 bits per heavy atom. The van der Waals surface area contributed by atoms with Crippen LogP contribution in [0.3, 0.4) is 0 Å². The molecule has 0 aromatic carbocycles. The van der Waals surface area contributed by atoms with Crippen molar-refractivity contribution in [3.05, 3.63) is 15.5 Å². The molecule has 1 heterocycles. The Balaban J connectivity index is 2.14. The van der Waals surface area contributed by atoms with Crippen LogP contribution in [0.5, 0.6) is 0 Å². The molecule has 0 fully saturated rings. The van der Waals surface area contributed by atoms with E-state index in [2.05, 4.69) is 15.6 Å². The van der Waals surface area contributed by atoms with Crippen LogP contribution in [-0.2, 0) is 11.3 Å². The minimum Gasteiger partial charge on any atom is -0.444 e. The van der Waals surface area contributed by atoms with Gasteiger partial charge < -0.3 is 15.4 Å². The third-order valence-electron chi connectivity index (χ3n) is 2.32. The Morgan fingerprint density at radius 1 is 1.55 bits per heavy atom. The molecule has 2 N–H and O–H groups in total. The molecule has 0 spiro atoms. The molecule has 1 amide bonds. The van der Waals surface area contributed by atoms with E-state index < -0.39 is 5.60 Å². The number of carbonyl (C=O) groups is 1. The SMILES string of the molecule is CC(CCNCc1ncc(Cl)s1)NC(=O)OC(C)(C)C. The summed E-state index contributed by atoms with van der Waals surface area (Å²) in [6.07, 6.45) is 2.09. The average Bonchev–Trinajstić information content (AvgIpc) is 2.67. The summed E-state index contributed by atoms with van der Waals surface area (Å²) < 4.78 is 5.89. The van der Waals surface area contributed by atoms with Gasteiger partial charge in [-0.3, -0.25) is 0 Å². The number of halogens is 1. The van der Waals surface area contributed by atoms with E-state index in [4.69, 9.17) is 16.3 Å². The van der Waals surface area contributed by atoms with E-state index in [0.717, 1.165) is 18.0 Å². The first-order valence-electron chi connectivity index (χ1n) is 6.57. The smallest absolute Gasteiger partial charge is 0.407 e. The highest BCUT2D eigenvalue weighted by atomic mass is 35.5. The van der Waals surface area contributed by atoms with E-state index in [9.17, 15) is 4.79 Å². The molecule has 114 valence electrons. The molecule has 20 heavy (non-hydrogen) atoms. The molecule has 1 rings (SSSR count). The fourth-order valence-corrected chi connectivity index (χ4v) is 2.39. The number of rotatable bonds is 6. The van der Waals surface area contributed by atoms with Crippen molar-refractivity contribution in [1.29, 1.82) is 0 Å². The summed E-state index contributed by atoms with van der Waals surface area (Å²) in [4.78, 5) is 15.7. The van der Waals surface area contributed by atoms with Crippen molar-refractivity contribution in [2.75, 3.05) is 6.54 Å². The highest BCUT2D eigenvalue weighted by Crippen LogP contribution is 2.17. The minimum absolute atomic E-state index is 0.0530. The third-order valence-corrected chi connectivity index (χ3v) is 3.43. The van der Waals surface area contributed by atoms with Crippen molar-refractivity contribution in [3.8, 4) is 0 Å². The van der Waals surface area contributed by atoms with Gasteiger partial charge >= 0.3 is 6.09 Å². The minimum atomic E-state index is -0.466. The lowest BCUT2D eigenvalue weighted by molar-refractivity contribution is 0.0506. The number of amides is 1. The Morgan fingerprint density at radius 2 is 2.25 bits per heavy atom. The average molecular weight is 320 g/mol. The van der Waals surface area contributed by atoms with Crippen molar-refractivity contribution in [3.63, 3.8) is 0 Å². The zero-order valence-corrected chi connectivity index (χ0v) is 13.9. The van der Waals surface area contributed by atoms with Crippen molar-refractivity contribution in [2.45, 2.75) is 52.3 Å². The van der Waals surface area contributed by atoms with E-state index in [0.29, 0.717) is 10.9 Å².